The number of hydrazine groups is 1. The highest BCUT2D eigenvalue weighted by molar-refractivity contribution is 5.91. The van der Waals surface area contributed by atoms with Crippen molar-refractivity contribution in [2.24, 2.45) is 11.7 Å². The van der Waals surface area contributed by atoms with E-state index in [-0.39, 0.29) is 30.2 Å². The number of anilines is 1. The first-order chi connectivity index (χ1) is 10.5. The minimum atomic E-state index is -0.605. The number of carbonyl (C=O) groups excluding carboxylic acids is 2. The number of nitrogens with one attached hydrogen (secondary N) is 1. The normalized spacial score (nSPS) is 16.5. The maximum atomic E-state index is 12.5. The Kier molecular flexibility index (Phi) is 7.18. The molecule has 0 aliphatic carbocycles. The number of carbonyl (C=O) groups is 2. The summed E-state index contributed by atoms with van der Waals surface area (Å²) in [7, 11) is 0. The molecule has 2 heterocycles. The van der Waals surface area contributed by atoms with Crippen LogP contribution in [0.4, 0.5) is 10.7 Å². The van der Waals surface area contributed by atoms with Crippen molar-refractivity contribution in [1.82, 2.24) is 20.0 Å². The van der Waals surface area contributed by atoms with Crippen molar-refractivity contribution in [3.63, 3.8) is 0 Å². The van der Waals surface area contributed by atoms with E-state index in [1.807, 2.05) is 13.8 Å². The number of hydrogen-bond donors (Lipinski definition) is 2. The van der Waals surface area contributed by atoms with Crippen LogP contribution in [0.1, 0.15) is 26.7 Å². The van der Waals surface area contributed by atoms with Gasteiger partial charge in [0.25, 0.3) is 5.91 Å². The molecule has 1 aliphatic heterocycles. The van der Waals surface area contributed by atoms with Crippen LogP contribution in [-0.4, -0.2) is 51.1 Å². The molecule has 0 bridgehead atoms. The van der Waals surface area contributed by atoms with Gasteiger partial charge in [0.05, 0.1) is 6.04 Å². The predicted molar refractivity (Wildman–Crippen MR) is 88.8 cm³/mol. The molecule has 2 rings (SSSR count). The highest BCUT2D eigenvalue weighted by Gasteiger charge is 2.35. The summed E-state index contributed by atoms with van der Waals surface area (Å²) in [6, 6.07) is 0.631. The second-order valence-electron chi connectivity index (χ2n) is 5.35. The molecule has 23 heavy (non-hydrogen) atoms. The highest BCUT2D eigenvalue weighted by atomic mass is 35.5. The third-order valence-electron chi connectivity index (χ3n) is 3.85. The van der Waals surface area contributed by atoms with Crippen molar-refractivity contribution in [3.8, 4) is 0 Å². The summed E-state index contributed by atoms with van der Waals surface area (Å²) in [6.45, 7) is 4.88. The summed E-state index contributed by atoms with van der Waals surface area (Å²) in [5, 5.41) is 5.38. The van der Waals surface area contributed by atoms with E-state index in [4.69, 9.17) is 5.73 Å². The predicted octanol–water partition coefficient (Wildman–Crippen LogP) is 1.25. The van der Waals surface area contributed by atoms with Gasteiger partial charge in [-0.25, -0.2) is 24.8 Å². The van der Waals surface area contributed by atoms with Gasteiger partial charge in [-0.1, -0.05) is 20.3 Å². The van der Waals surface area contributed by atoms with E-state index in [1.165, 1.54) is 22.4 Å². The third-order valence-corrected chi connectivity index (χ3v) is 3.85. The molecule has 0 saturated carbocycles. The zero-order chi connectivity index (χ0) is 16.1. The molecule has 8 nitrogen and oxygen atoms in total. The largest absolute Gasteiger partial charge is 0.343 e. The Morgan fingerprint density at radius 2 is 1.91 bits per heavy atom. The summed E-state index contributed by atoms with van der Waals surface area (Å²) >= 11 is 0. The number of nitrogens with zero attached hydrogens (tertiary/aromatic N) is 4. The molecule has 1 saturated heterocycles. The van der Waals surface area contributed by atoms with Gasteiger partial charge in [0.15, 0.2) is 0 Å². The molecule has 1 aromatic rings. The van der Waals surface area contributed by atoms with E-state index in [1.54, 1.807) is 6.07 Å². The van der Waals surface area contributed by atoms with Crippen molar-refractivity contribution in [2.75, 3.05) is 18.4 Å². The van der Waals surface area contributed by atoms with Crippen LogP contribution in [-0.2, 0) is 4.79 Å². The lowest BCUT2D eigenvalue weighted by Crippen LogP contribution is -2.53. The lowest BCUT2D eigenvalue weighted by atomic mass is 9.99. The molecule has 0 radical (unpaired) electrons. The van der Waals surface area contributed by atoms with Crippen LogP contribution in [0.5, 0.6) is 0 Å². The van der Waals surface area contributed by atoms with E-state index in [0.29, 0.717) is 13.1 Å². The van der Waals surface area contributed by atoms with Gasteiger partial charge in [0, 0.05) is 25.5 Å². The zero-order valence-corrected chi connectivity index (χ0v) is 14.1. The first-order valence-electron chi connectivity index (χ1n) is 7.47. The fourth-order valence-corrected chi connectivity index (χ4v) is 2.25. The molecule has 3 amide bonds. The molecular weight excluding hydrogens is 320 g/mol. The Bertz CT molecular complexity index is 529. The second kappa shape index (κ2) is 8.64. The highest BCUT2D eigenvalue weighted by Crippen LogP contribution is 2.16. The summed E-state index contributed by atoms with van der Waals surface area (Å²) in [6.07, 6.45) is 4.61. The molecule has 9 heteroatoms. The summed E-state index contributed by atoms with van der Waals surface area (Å²) < 4.78 is 0. The Balaban J connectivity index is 0.00000264. The standard InChI is InChI=1S/C14H22N6O2.ClH/c1-3-10(2)11(15)12(21)19-8-5-9-20(19)14(22)18-13-16-6-4-7-17-13;/h4,6-7,10-11H,3,5,8-9,15H2,1-2H3,(H,16,17,18,22);1H. The van der Waals surface area contributed by atoms with E-state index in [9.17, 15) is 9.59 Å². The van der Waals surface area contributed by atoms with Crippen molar-refractivity contribution >= 4 is 30.3 Å². The third kappa shape index (κ3) is 4.52. The minimum absolute atomic E-state index is 0. The van der Waals surface area contributed by atoms with E-state index in [0.717, 1.165) is 12.8 Å². The van der Waals surface area contributed by atoms with Crippen molar-refractivity contribution in [2.45, 2.75) is 32.7 Å². The van der Waals surface area contributed by atoms with E-state index < -0.39 is 12.1 Å². The molecule has 2 atom stereocenters. The quantitative estimate of drug-likeness (QED) is 0.857. The van der Waals surface area contributed by atoms with Crippen LogP contribution in [0.2, 0.25) is 0 Å². The second-order valence-corrected chi connectivity index (χ2v) is 5.35. The van der Waals surface area contributed by atoms with Crippen LogP contribution >= 0.6 is 12.4 Å². The molecule has 1 aliphatic rings. The molecule has 128 valence electrons. The number of nitrogens with two attached hydrogens (primary N) is 1. The Labute approximate surface area is 141 Å². The van der Waals surface area contributed by atoms with Crippen molar-refractivity contribution < 1.29 is 9.59 Å². The molecule has 2 unspecified atom stereocenters. The summed E-state index contributed by atoms with van der Waals surface area (Å²) in [4.78, 5) is 32.6. The molecule has 1 aromatic heterocycles. The summed E-state index contributed by atoms with van der Waals surface area (Å²) in [5.41, 5.74) is 5.99. The lowest BCUT2D eigenvalue weighted by molar-refractivity contribution is -0.142. The first-order valence-corrected chi connectivity index (χ1v) is 7.47. The van der Waals surface area contributed by atoms with Crippen LogP contribution in [0.25, 0.3) is 0 Å². The van der Waals surface area contributed by atoms with Gasteiger partial charge in [-0.05, 0) is 18.4 Å². The average Bonchev–Trinajstić information content (AvgIpc) is 3.03. The van der Waals surface area contributed by atoms with E-state index in [2.05, 4.69) is 15.3 Å². The van der Waals surface area contributed by atoms with Crippen LogP contribution in [0.15, 0.2) is 18.5 Å². The topological polar surface area (TPSA) is 104 Å². The number of urea groups is 1. The van der Waals surface area contributed by atoms with Gasteiger partial charge in [0.2, 0.25) is 5.95 Å². The van der Waals surface area contributed by atoms with Gasteiger partial charge in [0.1, 0.15) is 0 Å². The van der Waals surface area contributed by atoms with Crippen LogP contribution in [0.3, 0.4) is 0 Å². The Hall–Kier alpha value is -1.93. The number of rotatable bonds is 4. The smallest absolute Gasteiger partial charge is 0.320 e. The molecule has 0 aromatic carbocycles. The average molecular weight is 343 g/mol. The van der Waals surface area contributed by atoms with Gasteiger partial charge in [-0.2, -0.15) is 0 Å². The SMILES string of the molecule is CCC(C)C(N)C(=O)N1CCCN1C(=O)Nc1ncccn1.Cl. The van der Waals surface area contributed by atoms with Gasteiger partial charge >= 0.3 is 6.03 Å². The fraction of sp³-hybridized carbons (Fsp3) is 0.571. The van der Waals surface area contributed by atoms with Crippen molar-refractivity contribution in [1.29, 1.82) is 0 Å². The molecule has 0 spiro atoms. The van der Waals surface area contributed by atoms with Gasteiger partial charge in [-0.3, -0.25) is 10.1 Å². The fourth-order valence-electron chi connectivity index (χ4n) is 2.25. The molecular formula is C14H23ClN6O2. The first kappa shape index (κ1) is 19.1. The monoisotopic (exact) mass is 342 g/mol. The Morgan fingerprint density at radius 3 is 2.52 bits per heavy atom. The van der Waals surface area contributed by atoms with E-state index >= 15 is 0 Å². The summed E-state index contributed by atoms with van der Waals surface area (Å²) in [5.74, 6) is 0.0458. The number of halogens is 1. The van der Waals surface area contributed by atoms with Gasteiger partial charge in [-0.15, -0.1) is 12.4 Å². The van der Waals surface area contributed by atoms with Gasteiger partial charge < -0.3 is 5.73 Å². The van der Waals surface area contributed by atoms with Crippen LogP contribution < -0.4 is 11.1 Å². The Morgan fingerprint density at radius 1 is 1.30 bits per heavy atom. The maximum Gasteiger partial charge on any atom is 0.343 e. The number of aromatic nitrogens is 2. The molecule has 1 fully saturated rings. The van der Waals surface area contributed by atoms with Crippen molar-refractivity contribution in [3.05, 3.63) is 18.5 Å². The maximum absolute atomic E-state index is 12.5. The number of amides is 3. The van der Waals surface area contributed by atoms with Crippen LogP contribution in [0, 0.1) is 5.92 Å². The minimum Gasteiger partial charge on any atom is -0.320 e. The lowest BCUT2D eigenvalue weighted by Gasteiger charge is -2.31. The zero-order valence-electron chi connectivity index (χ0n) is 13.3. The number of hydrogen-bond acceptors (Lipinski definition) is 5. The molecule has 3 N–H and O–H groups in total.